The highest BCUT2D eigenvalue weighted by molar-refractivity contribution is 6.30. The number of fused-ring (bicyclic) bond motifs is 1. The van der Waals surface area contributed by atoms with Gasteiger partial charge < -0.3 is 14.6 Å². The number of aromatic nitrogens is 1. The van der Waals surface area contributed by atoms with Gasteiger partial charge in [-0.15, -0.1) is 12.4 Å². The maximum atomic E-state index is 6.07. The number of nitrogens with zero attached hydrogens (tertiary/aromatic N) is 1. The van der Waals surface area contributed by atoms with Crippen LogP contribution in [0.3, 0.4) is 0 Å². The molecule has 0 bridgehead atoms. The number of halogens is 2. The van der Waals surface area contributed by atoms with Gasteiger partial charge >= 0.3 is 0 Å². The number of anilines is 1. The Balaban J connectivity index is 0.00000256. The highest BCUT2D eigenvalue weighted by atomic mass is 35.5. The molecule has 1 N–H and O–H groups in total. The summed E-state index contributed by atoms with van der Waals surface area (Å²) >= 11 is 5.98. The van der Waals surface area contributed by atoms with Gasteiger partial charge in [-0.1, -0.05) is 60.7 Å². The van der Waals surface area contributed by atoms with E-state index in [2.05, 4.69) is 59.9 Å². The Hall–Kier alpha value is -2.88. The highest BCUT2D eigenvalue weighted by Crippen LogP contribution is 2.28. The predicted octanol–water partition coefficient (Wildman–Crippen LogP) is 7.09. The van der Waals surface area contributed by atoms with Crippen LogP contribution >= 0.6 is 24.0 Å². The fourth-order valence-electron chi connectivity index (χ4n) is 3.61. The van der Waals surface area contributed by atoms with E-state index in [4.69, 9.17) is 16.3 Å². The maximum absolute atomic E-state index is 6.07. The lowest BCUT2D eigenvalue weighted by Gasteiger charge is -2.13. The molecule has 4 rings (SSSR count). The minimum absolute atomic E-state index is 0. The Bertz CT molecular complexity index is 1150. The van der Waals surface area contributed by atoms with Gasteiger partial charge in [-0.25, -0.2) is 0 Å². The van der Waals surface area contributed by atoms with Gasteiger partial charge in [0, 0.05) is 40.8 Å². The Morgan fingerprint density at radius 2 is 1.70 bits per heavy atom. The van der Waals surface area contributed by atoms with E-state index >= 15 is 0 Å². The van der Waals surface area contributed by atoms with Crippen molar-refractivity contribution in [2.45, 2.75) is 13.2 Å². The van der Waals surface area contributed by atoms with E-state index in [1.807, 2.05) is 42.5 Å². The summed E-state index contributed by atoms with van der Waals surface area (Å²) in [6.45, 7) is 5.09. The molecule has 5 heteroatoms. The molecule has 1 aromatic heterocycles. The highest BCUT2D eigenvalue weighted by Gasteiger charge is 2.15. The summed E-state index contributed by atoms with van der Waals surface area (Å²) in [5.41, 5.74) is 5.73. The zero-order valence-corrected chi connectivity index (χ0v) is 18.3. The molecule has 4 aromatic rings. The number of benzene rings is 3. The Morgan fingerprint density at radius 1 is 1.00 bits per heavy atom. The van der Waals surface area contributed by atoms with Crippen molar-refractivity contribution in [3.05, 3.63) is 101 Å². The minimum atomic E-state index is 0. The molecular formula is C25H24Cl2N2O. The van der Waals surface area contributed by atoms with E-state index in [0.29, 0.717) is 18.2 Å². The van der Waals surface area contributed by atoms with Gasteiger partial charge in [0.25, 0.3) is 0 Å². The standard InChI is InChI=1S/C25H23ClN2O.ClH/c1-3-18-8-4-6-10-23(18)27-16-22-21-9-5-7-11-24(21)28(2)25(22)17-29-20-14-12-19(26)13-15-20;/h3-15,27H,1,16-17H2,2H3;1H. The molecule has 0 atom stereocenters. The second-order valence-corrected chi connectivity index (χ2v) is 7.33. The van der Waals surface area contributed by atoms with Crippen molar-refractivity contribution >= 4 is 46.7 Å². The van der Waals surface area contributed by atoms with E-state index in [1.165, 1.54) is 16.5 Å². The molecule has 3 aromatic carbocycles. The number of hydrogen-bond donors (Lipinski definition) is 1. The summed E-state index contributed by atoms with van der Waals surface area (Å²) in [5, 5.41) is 5.51. The number of nitrogens with one attached hydrogen (secondary N) is 1. The fraction of sp³-hybridized carbons (Fsp3) is 0.120. The van der Waals surface area contributed by atoms with Crippen molar-refractivity contribution in [3.63, 3.8) is 0 Å². The molecule has 0 saturated carbocycles. The molecule has 0 aliphatic carbocycles. The van der Waals surface area contributed by atoms with Crippen LogP contribution in [0.25, 0.3) is 17.0 Å². The fourth-order valence-corrected chi connectivity index (χ4v) is 3.73. The third-order valence-corrected chi connectivity index (χ3v) is 5.42. The normalized spacial score (nSPS) is 10.5. The zero-order chi connectivity index (χ0) is 20.2. The summed E-state index contributed by atoms with van der Waals surface area (Å²) < 4.78 is 8.28. The second-order valence-electron chi connectivity index (χ2n) is 6.89. The van der Waals surface area contributed by atoms with Crippen molar-refractivity contribution in [3.8, 4) is 5.75 Å². The molecule has 3 nitrogen and oxygen atoms in total. The van der Waals surface area contributed by atoms with Crippen molar-refractivity contribution in [1.82, 2.24) is 4.57 Å². The molecule has 0 aliphatic rings. The van der Waals surface area contributed by atoms with Gasteiger partial charge in [-0.2, -0.15) is 0 Å². The SMILES string of the molecule is C=Cc1ccccc1NCc1c(COc2ccc(Cl)cc2)n(C)c2ccccc12.Cl. The van der Waals surface area contributed by atoms with E-state index in [9.17, 15) is 0 Å². The smallest absolute Gasteiger partial charge is 0.129 e. The Labute approximate surface area is 188 Å². The van der Waals surface area contributed by atoms with Crippen molar-refractivity contribution in [2.75, 3.05) is 5.32 Å². The first-order valence-electron chi connectivity index (χ1n) is 9.56. The molecule has 0 aliphatic heterocycles. The summed E-state index contributed by atoms with van der Waals surface area (Å²) in [4.78, 5) is 0. The van der Waals surface area contributed by atoms with Crippen molar-refractivity contribution in [1.29, 1.82) is 0 Å². The molecule has 0 spiro atoms. The Kier molecular flexibility index (Phi) is 7.09. The summed E-state index contributed by atoms with van der Waals surface area (Å²) in [7, 11) is 2.09. The summed E-state index contributed by atoms with van der Waals surface area (Å²) in [6, 6.07) is 24.1. The number of para-hydroxylation sites is 2. The Morgan fingerprint density at radius 3 is 2.47 bits per heavy atom. The largest absolute Gasteiger partial charge is 0.487 e. The van der Waals surface area contributed by atoms with Gasteiger partial charge in [0.1, 0.15) is 12.4 Å². The molecule has 0 saturated heterocycles. The van der Waals surface area contributed by atoms with Gasteiger partial charge in [0.2, 0.25) is 0 Å². The van der Waals surface area contributed by atoms with E-state index in [-0.39, 0.29) is 12.4 Å². The molecule has 1 heterocycles. The van der Waals surface area contributed by atoms with Crippen LogP contribution in [0.15, 0.2) is 79.4 Å². The van der Waals surface area contributed by atoms with Crippen LogP contribution < -0.4 is 10.1 Å². The van der Waals surface area contributed by atoms with Gasteiger partial charge in [-0.05, 0) is 42.0 Å². The lowest BCUT2D eigenvalue weighted by Crippen LogP contribution is -2.08. The molecular weight excluding hydrogens is 415 g/mol. The monoisotopic (exact) mass is 438 g/mol. The van der Waals surface area contributed by atoms with Crippen LogP contribution in [0.4, 0.5) is 5.69 Å². The number of aryl methyl sites for hydroxylation is 1. The van der Waals surface area contributed by atoms with Crippen LogP contribution in [-0.4, -0.2) is 4.57 Å². The lowest BCUT2D eigenvalue weighted by molar-refractivity contribution is 0.296. The number of rotatable bonds is 7. The summed E-state index contributed by atoms with van der Waals surface area (Å²) in [6.07, 6.45) is 1.87. The number of ether oxygens (including phenoxy) is 1. The third kappa shape index (κ3) is 4.48. The van der Waals surface area contributed by atoms with Crippen molar-refractivity contribution < 1.29 is 4.74 Å². The van der Waals surface area contributed by atoms with Gasteiger partial charge in [0.15, 0.2) is 0 Å². The molecule has 0 fully saturated rings. The molecule has 0 amide bonds. The van der Waals surface area contributed by atoms with Crippen LogP contribution in [0.5, 0.6) is 5.75 Å². The van der Waals surface area contributed by atoms with E-state index in [0.717, 1.165) is 22.7 Å². The molecule has 0 unspecified atom stereocenters. The topological polar surface area (TPSA) is 26.2 Å². The van der Waals surface area contributed by atoms with Gasteiger partial charge in [-0.3, -0.25) is 0 Å². The van der Waals surface area contributed by atoms with Crippen molar-refractivity contribution in [2.24, 2.45) is 7.05 Å². The van der Waals surface area contributed by atoms with Crippen LogP contribution in [-0.2, 0) is 20.2 Å². The van der Waals surface area contributed by atoms with Crippen LogP contribution in [0.1, 0.15) is 16.8 Å². The first kappa shape index (κ1) is 21.8. The quantitative estimate of drug-likeness (QED) is 0.333. The first-order chi connectivity index (χ1) is 14.2. The van der Waals surface area contributed by atoms with Crippen LogP contribution in [0, 0.1) is 0 Å². The van der Waals surface area contributed by atoms with Gasteiger partial charge in [0.05, 0.1) is 5.69 Å². The average Bonchev–Trinajstić information content (AvgIpc) is 3.03. The minimum Gasteiger partial charge on any atom is -0.487 e. The maximum Gasteiger partial charge on any atom is 0.129 e. The lowest BCUT2D eigenvalue weighted by atomic mass is 10.1. The second kappa shape index (κ2) is 9.75. The summed E-state index contributed by atoms with van der Waals surface area (Å²) in [5.74, 6) is 0.801. The first-order valence-corrected chi connectivity index (χ1v) is 9.94. The number of hydrogen-bond acceptors (Lipinski definition) is 2. The van der Waals surface area contributed by atoms with Crippen LogP contribution in [0.2, 0.25) is 5.02 Å². The molecule has 30 heavy (non-hydrogen) atoms. The average molecular weight is 439 g/mol. The van der Waals surface area contributed by atoms with E-state index in [1.54, 1.807) is 0 Å². The molecule has 154 valence electrons. The third-order valence-electron chi connectivity index (χ3n) is 5.17. The zero-order valence-electron chi connectivity index (χ0n) is 16.8. The predicted molar refractivity (Wildman–Crippen MR) is 130 cm³/mol. The molecule has 0 radical (unpaired) electrons. The van der Waals surface area contributed by atoms with E-state index < -0.39 is 0 Å².